The minimum atomic E-state index is -0.799. The van der Waals surface area contributed by atoms with E-state index < -0.39 is 6.10 Å². The molecule has 476 valence electrons. The van der Waals surface area contributed by atoms with Crippen LogP contribution in [0.2, 0.25) is 0 Å². The van der Waals surface area contributed by atoms with Gasteiger partial charge < -0.3 is 14.2 Å². The van der Waals surface area contributed by atoms with Crippen LogP contribution in [0.4, 0.5) is 0 Å². The third-order valence-electron chi connectivity index (χ3n) is 15.3. The van der Waals surface area contributed by atoms with Crippen LogP contribution in [-0.2, 0) is 28.6 Å². The number of ether oxygens (including phenoxy) is 3. The summed E-state index contributed by atoms with van der Waals surface area (Å²) in [5.74, 6) is -0.914. The summed E-state index contributed by atoms with van der Waals surface area (Å²) in [5.41, 5.74) is 0. The van der Waals surface area contributed by atoms with Gasteiger partial charge in [0.2, 0.25) is 0 Å². The minimum Gasteiger partial charge on any atom is -0.462 e. The number of unbranched alkanes of at least 4 members (excludes halogenated alkanes) is 35. The first kappa shape index (κ1) is 79.1. The van der Waals surface area contributed by atoms with Crippen molar-refractivity contribution in [1.82, 2.24) is 0 Å². The molecule has 0 heterocycles. The van der Waals surface area contributed by atoms with Gasteiger partial charge in [0.1, 0.15) is 13.2 Å². The van der Waals surface area contributed by atoms with Gasteiger partial charge in [-0.1, -0.05) is 323 Å². The molecule has 6 nitrogen and oxygen atoms in total. The molecule has 0 aliphatic heterocycles. The number of carbonyl (C=O) groups is 3. The Morgan fingerprint density at radius 1 is 0.253 bits per heavy atom. The van der Waals surface area contributed by atoms with Crippen molar-refractivity contribution in [3.05, 3.63) is 109 Å². The summed E-state index contributed by atoms with van der Waals surface area (Å²) in [6.45, 7) is 6.53. The molecule has 0 fully saturated rings. The van der Waals surface area contributed by atoms with E-state index >= 15 is 0 Å². The van der Waals surface area contributed by atoms with Crippen LogP contribution in [0.1, 0.15) is 342 Å². The zero-order valence-electron chi connectivity index (χ0n) is 54.7. The van der Waals surface area contributed by atoms with Crippen LogP contribution < -0.4 is 0 Å². The smallest absolute Gasteiger partial charge is 0.306 e. The van der Waals surface area contributed by atoms with E-state index in [9.17, 15) is 14.4 Å². The Morgan fingerprint density at radius 2 is 0.470 bits per heavy atom. The zero-order chi connectivity index (χ0) is 59.9. The number of hydrogen-bond donors (Lipinski definition) is 0. The van der Waals surface area contributed by atoms with Crippen molar-refractivity contribution in [3.63, 3.8) is 0 Å². The van der Waals surface area contributed by atoms with Crippen LogP contribution in [0.15, 0.2) is 109 Å². The molecule has 0 bridgehead atoms. The average molecular weight is 1150 g/mol. The number of hydrogen-bond acceptors (Lipinski definition) is 6. The normalized spacial score (nSPS) is 12.8. The van der Waals surface area contributed by atoms with Crippen LogP contribution in [0, 0.1) is 0 Å². The Kier molecular flexibility index (Phi) is 67.2. The van der Waals surface area contributed by atoms with E-state index in [1.54, 1.807) is 0 Å². The first-order chi connectivity index (χ1) is 41.0. The van der Waals surface area contributed by atoms with Gasteiger partial charge in [-0.15, -0.1) is 0 Å². The predicted octanol–water partition coefficient (Wildman–Crippen LogP) is 24.6. The Morgan fingerprint density at radius 3 is 0.735 bits per heavy atom. The number of carbonyl (C=O) groups excluding carboxylic acids is 3. The average Bonchev–Trinajstić information content (AvgIpc) is 3.49. The molecule has 0 amide bonds. The summed E-state index contributed by atoms with van der Waals surface area (Å²) in [6.07, 6.45) is 96.7. The van der Waals surface area contributed by atoms with E-state index in [1.165, 1.54) is 167 Å². The van der Waals surface area contributed by atoms with Crippen LogP contribution >= 0.6 is 0 Å². The Bertz CT molecular complexity index is 1660. The molecular formula is C77H132O6. The quantitative estimate of drug-likeness (QED) is 0.0261. The summed E-state index contributed by atoms with van der Waals surface area (Å²) in [7, 11) is 0. The lowest BCUT2D eigenvalue weighted by Gasteiger charge is -2.18. The molecule has 0 aliphatic rings. The molecule has 0 aromatic rings. The van der Waals surface area contributed by atoms with Crippen LogP contribution in [0.3, 0.4) is 0 Å². The van der Waals surface area contributed by atoms with Gasteiger partial charge in [-0.25, -0.2) is 0 Å². The summed E-state index contributed by atoms with van der Waals surface area (Å²) in [6, 6.07) is 0. The predicted molar refractivity (Wildman–Crippen MR) is 362 cm³/mol. The minimum absolute atomic E-state index is 0.0902. The van der Waals surface area contributed by atoms with Crippen molar-refractivity contribution in [3.8, 4) is 0 Å². The third kappa shape index (κ3) is 68.7. The third-order valence-corrected chi connectivity index (χ3v) is 15.3. The first-order valence-electron chi connectivity index (χ1n) is 35.4. The van der Waals surface area contributed by atoms with Crippen molar-refractivity contribution in [2.75, 3.05) is 13.2 Å². The summed E-state index contributed by atoms with van der Waals surface area (Å²) in [5, 5.41) is 0. The maximum absolute atomic E-state index is 13.0. The molecule has 0 saturated carbocycles. The van der Waals surface area contributed by atoms with E-state index in [4.69, 9.17) is 14.2 Å². The van der Waals surface area contributed by atoms with Gasteiger partial charge in [0, 0.05) is 19.3 Å². The van der Waals surface area contributed by atoms with Crippen molar-refractivity contribution < 1.29 is 28.6 Å². The molecule has 83 heavy (non-hydrogen) atoms. The van der Waals surface area contributed by atoms with Gasteiger partial charge in [-0.05, 0) is 109 Å². The van der Waals surface area contributed by atoms with Gasteiger partial charge in [0.15, 0.2) is 6.10 Å². The molecule has 0 saturated heterocycles. The first-order valence-corrected chi connectivity index (χ1v) is 35.4. The van der Waals surface area contributed by atoms with E-state index in [0.29, 0.717) is 19.3 Å². The molecule has 0 radical (unpaired) electrons. The lowest BCUT2D eigenvalue weighted by molar-refractivity contribution is -0.167. The maximum Gasteiger partial charge on any atom is 0.306 e. The van der Waals surface area contributed by atoms with Crippen LogP contribution in [-0.4, -0.2) is 37.2 Å². The summed E-state index contributed by atoms with van der Waals surface area (Å²) in [4.78, 5) is 38.5. The second-order valence-corrected chi connectivity index (χ2v) is 23.4. The van der Waals surface area contributed by atoms with Crippen molar-refractivity contribution in [1.29, 1.82) is 0 Å². The maximum atomic E-state index is 13.0. The Hall–Kier alpha value is -3.93. The van der Waals surface area contributed by atoms with Crippen LogP contribution in [0.5, 0.6) is 0 Å². The summed E-state index contributed by atoms with van der Waals surface area (Å²) >= 11 is 0. The molecule has 1 unspecified atom stereocenters. The highest BCUT2D eigenvalue weighted by molar-refractivity contribution is 5.71. The van der Waals surface area contributed by atoms with Crippen LogP contribution in [0.25, 0.3) is 0 Å². The number of allylic oxidation sites excluding steroid dienone is 18. The van der Waals surface area contributed by atoms with Crippen molar-refractivity contribution >= 4 is 17.9 Å². The fraction of sp³-hybridized carbons (Fsp3) is 0.727. The van der Waals surface area contributed by atoms with Gasteiger partial charge >= 0.3 is 17.9 Å². The molecule has 0 rings (SSSR count). The lowest BCUT2D eigenvalue weighted by Crippen LogP contribution is -2.30. The molecule has 0 aromatic heterocycles. The monoisotopic (exact) mass is 1150 g/mol. The number of rotatable bonds is 64. The van der Waals surface area contributed by atoms with Gasteiger partial charge in [-0.3, -0.25) is 14.4 Å². The molecule has 6 heteroatoms. The van der Waals surface area contributed by atoms with Gasteiger partial charge in [0.05, 0.1) is 0 Å². The molecule has 0 aromatic carbocycles. The van der Waals surface area contributed by atoms with Crippen molar-refractivity contribution in [2.24, 2.45) is 0 Å². The Labute approximate surface area is 514 Å². The van der Waals surface area contributed by atoms with E-state index in [-0.39, 0.29) is 31.1 Å². The zero-order valence-corrected chi connectivity index (χ0v) is 54.7. The number of esters is 3. The van der Waals surface area contributed by atoms with E-state index in [1.807, 2.05) is 0 Å². The Balaban J connectivity index is 4.45. The fourth-order valence-electron chi connectivity index (χ4n) is 9.99. The largest absolute Gasteiger partial charge is 0.462 e. The summed E-state index contributed by atoms with van der Waals surface area (Å²) < 4.78 is 17.0. The fourth-order valence-corrected chi connectivity index (χ4v) is 9.99. The highest BCUT2D eigenvalue weighted by Crippen LogP contribution is 2.17. The SMILES string of the molecule is CC/C=C\C/C=C\C/C=C\C/C=C\C/C=C\C/C=C\CCCCCCC(=O)OCC(COC(=O)CCCCCCCCCCCCCCCCCCCCCCC)OC(=O)CCCCCCCC/C=C\C/C=C\C/C=C\CCCCCCC. The molecule has 0 aliphatic carbocycles. The lowest BCUT2D eigenvalue weighted by atomic mass is 10.0. The molecular weight excluding hydrogens is 1020 g/mol. The van der Waals surface area contributed by atoms with Gasteiger partial charge in [-0.2, -0.15) is 0 Å². The van der Waals surface area contributed by atoms with Crippen molar-refractivity contribution in [2.45, 2.75) is 348 Å². The van der Waals surface area contributed by atoms with Gasteiger partial charge in [0.25, 0.3) is 0 Å². The highest BCUT2D eigenvalue weighted by atomic mass is 16.6. The molecule has 0 spiro atoms. The van der Waals surface area contributed by atoms with E-state index in [0.717, 1.165) is 135 Å². The second-order valence-electron chi connectivity index (χ2n) is 23.4. The molecule has 1 atom stereocenters. The highest BCUT2D eigenvalue weighted by Gasteiger charge is 2.19. The topological polar surface area (TPSA) is 78.9 Å². The molecule has 0 N–H and O–H groups in total. The second kappa shape index (κ2) is 70.6. The standard InChI is InChI=1S/C77H132O6/c1-4-7-10-13-16-19-22-25-28-31-34-37-38-41-43-46-49-52-55-58-61-64-67-70-76(79)82-73-74(83-77(80)71-68-65-62-59-56-53-50-47-44-40-36-33-30-27-24-21-18-15-12-9-6-3)72-81-75(78)69-66-63-60-57-54-51-48-45-42-39-35-32-29-26-23-20-17-14-11-8-5-2/h7,10,16,19,24-25,27-28,33-34,36-37,41,43-44,47,49,52,74H,4-6,8-9,11-15,17-18,20-23,26,29-32,35,38-40,42,45-46,48,50-51,53-73H2,1-3H3/b10-7-,19-16-,27-24-,28-25-,36-33-,37-34-,43-41-,47-44-,52-49-. The van der Waals surface area contributed by atoms with E-state index in [2.05, 4.69) is 130 Å².